The number of carbonyl (C=O) groups is 1. The van der Waals surface area contributed by atoms with Crippen LogP contribution in [0.25, 0.3) is 21.0 Å². The number of aryl methyl sites for hydroxylation is 1. The number of rotatable bonds is 5. The minimum atomic E-state index is -0.0854. The summed E-state index contributed by atoms with van der Waals surface area (Å²) in [6.45, 7) is 8.63. The molecule has 0 unspecified atom stereocenters. The van der Waals surface area contributed by atoms with Gasteiger partial charge in [-0.1, -0.05) is 32.0 Å². The zero-order valence-corrected chi connectivity index (χ0v) is 18.2. The number of amides is 1. The van der Waals surface area contributed by atoms with E-state index in [1.165, 1.54) is 17.8 Å². The largest absolute Gasteiger partial charge is 0.351 e. The van der Waals surface area contributed by atoms with Gasteiger partial charge in [-0.15, -0.1) is 11.3 Å². The van der Waals surface area contributed by atoms with E-state index in [-0.39, 0.29) is 11.5 Å². The number of hydrogen-bond acceptors (Lipinski definition) is 4. The molecule has 0 radical (unpaired) electrons. The lowest BCUT2D eigenvalue weighted by molar-refractivity contribution is 0.0951. The second kappa shape index (κ2) is 8.28. The first-order valence-corrected chi connectivity index (χ1v) is 11.3. The van der Waals surface area contributed by atoms with Crippen molar-refractivity contribution in [3.8, 4) is 0 Å². The van der Waals surface area contributed by atoms with Crippen molar-refractivity contribution in [2.24, 2.45) is 18.9 Å². The third-order valence-corrected chi connectivity index (χ3v) is 7.05. The molecule has 0 bridgehead atoms. The van der Waals surface area contributed by atoms with Gasteiger partial charge in [0.25, 0.3) is 11.5 Å². The summed E-state index contributed by atoms with van der Waals surface area (Å²) in [6.07, 6.45) is 2.26. The molecule has 1 aliphatic heterocycles. The van der Waals surface area contributed by atoms with Crippen LogP contribution >= 0.6 is 11.3 Å². The van der Waals surface area contributed by atoms with Crippen molar-refractivity contribution in [1.82, 2.24) is 14.8 Å². The number of para-hydroxylation sites is 1. The van der Waals surface area contributed by atoms with Crippen LogP contribution in [0.15, 0.2) is 35.1 Å². The number of pyridine rings is 1. The van der Waals surface area contributed by atoms with Gasteiger partial charge in [0.05, 0.1) is 15.8 Å². The maximum absolute atomic E-state index is 12.7. The van der Waals surface area contributed by atoms with Crippen molar-refractivity contribution in [3.05, 3.63) is 45.6 Å². The molecule has 29 heavy (non-hydrogen) atoms. The number of fused-ring (bicyclic) bond motifs is 3. The number of piperidine rings is 1. The lowest BCUT2D eigenvalue weighted by Gasteiger charge is -2.34. The number of aromatic nitrogens is 1. The average Bonchev–Trinajstić information content (AvgIpc) is 3.14. The number of likely N-dealkylation sites (tertiary alicyclic amines) is 1. The highest BCUT2D eigenvalue weighted by Gasteiger charge is 2.21. The predicted molar refractivity (Wildman–Crippen MR) is 121 cm³/mol. The average molecular weight is 412 g/mol. The molecule has 1 amide bonds. The zero-order chi connectivity index (χ0) is 20.5. The molecule has 2 atom stereocenters. The Bertz CT molecular complexity index is 1090. The Morgan fingerprint density at radius 3 is 2.66 bits per heavy atom. The van der Waals surface area contributed by atoms with Crippen LogP contribution in [0.5, 0.6) is 0 Å². The first-order valence-electron chi connectivity index (χ1n) is 10.5. The van der Waals surface area contributed by atoms with Crippen molar-refractivity contribution in [2.75, 3.05) is 26.2 Å². The summed E-state index contributed by atoms with van der Waals surface area (Å²) in [7, 11) is 1.78. The van der Waals surface area contributed by atoms with Gasteiger partial charge >= 0.3 is 0 Å². The van der Waals surface area contributed by atoms with Gasteiger partial charge in [-0.25, -0.2) is 0 Å². The summed E-state index contributed by atoms with van der Waals surface area (Å²) >= 11 is 1.41. The van der Waals surface area contributed by atoms with Crippen LogP contribution in [0.4, 0.5) is 0 Å². The van der Waals surface area contributed by atoms with Gasteiger partial charge in [-0.2, -0.15) is 0 Å². The summed E-state index contributed by atoms with van der Waals surface area (Å²) in [6, 6.07) is 9.60. The molecular formula is C23H29N3O2S. The smallest absolute Gasteiger partial charge is 0.261 e. The van der Waals surface area contributed by atoms with E-state index < -0.39 is 0 Å². The monoisotopic (exact) mass is 411 g/mol. The van der Waals surface area contributed by atoms with Crippen molar-refractivity contribution < 1.29 is 4.79 Å². The summed E-state index contributed by atoms with van der Waals surface area (Å²) in [4.78, 5) is 28.5. The van der Waals surface area contributed by atoms with Gasteiger partial charge in [0, 0.05) is 36.8 Å². The zero-order valence-electron chi connectivity index (χ0n) is 17.4. The number of nitrogens with zero attached hydrogens (tertiary/aromatic N) is 2. The van der Waals surface area contributed by atoms with E-state index in [1.807, 2.05) is 24.3 Å². The fraction of sp³-hybridized carbons (Fsp3) is 0.478. The second-order valence-corrected chi connectivity index (χ2v) is 9.60. The second-order valence-electron chi connectivity index (χ2n) is 8.55. The Morgan fingerprint density at radius 1 is 1.17 bits per heavy atom. The highest BCUT2D eigenvalue weighted by atomic mass is 32.1. The number of thiophene rings is 1. The summed E-state index contributed by atoms with van der Waals surface area (Å²) in [5.41, 5.74) is 0.839. The van der Waals surface area contributed by atoms with Gasteiger partial charge in [0.1, 0.15) is 0 Å². The first-order chi connectivity index (χ1) is 13.9. The molecule has 0 spiro atoms. The van der Waals surface area contributed by atoms with Crippen LogP contribution in [-0.2, 0) is 7.05 Å². The summed E-state index contributed by atoms with van der Waals surface area (Å²) in [5, 5.41) is 4.68. The third-order valence-electron chi connectivity index (χ3n) is 5.88. The van der Waals surface area contributed by atoms with Gasteiger partial charge in [-0.3, -0.25) is 9.59 Å². The molecule has 154 valence electrons. The molecule has 1 aromatic carbocycles. The van der Waals surface area contributed by atoms with E-state index in [2.05, 4.69) is 24.1 Å². The highest BCUT2D eigenvalue weighted by molar-refractivity contribution is 7.21. The lowest BCUT2D eigenvalue weighted by atomic mass is 9.92. The van der Waals surface area contributed by atoms with Crippen molar-refractivity contribution in [3.63, 3.8) is 0 Å². The van der Waals surface area contributed by atoms with Crippen LogP contribution in [0.2, 0.25) is 0 Å². The van der Waals surface area contributed by atoms with Crippen LogP contribution in [0.3, 0.4) is 0 Å². The highest BCUT2D eigenvalue weighted by Crippen LogP contribution is 2.30. The Hall–Kier alpha value is -2.18. The maximum atomic E-state index is 12.7. The minimum absolute atomic E-state index is 0.0534. The van der Waals surface area contributed by atoms with Gasteiger partial charge in [-0.05, 0) is 43.4 Å². The Kier molecular flexibility index (Phi) is 5.74. The number of nitrogens with one attached hydrogen (secondary N) is 1. The predicted octanol–water partition coefficient (Wildman–Crippen LogP) is 3.85. The van der Waals surface area contributed by atoms with Crippen LogP contribution in [-0.4, -0.2) is 41.6 Å². The Morgan fingerprint density at radius 2 is 1.90 bits per heavy atom. The minimum Gasteiger partial charge on any atom is -0.351 e. The van der Waals surface area contributed by atoms with E-state index in [0.717, 1.165) is 53.5 Å². The Labute approximate surface area is 175 Å². The van der Waals surface area contributed by atoms with Gasteiger partial charge in [0.15, 0.2) is 0 Å². The standard InChI is InChI=1S/C23H29N3O2S/c1-15-11-16(2)14-26(13-15)10-6-9-24-22(27)20-12-18-21(29-20)17-7-4-5-8-19(17)25(3)23(18)28/h4-5,7-8,12,15-16H,6,9-11,13-14H2,1-3H3,(H,24,27)/t15-,16-/m1/s1. The molecular weight excluding hydrogens is 382 g/mol. The fourth-order valence-corrected chi connectivity index (χ4v) is 5.78. The maximum Gasteiger partial charge on any atom is 0.261 e. The fourth-order valence-electron chi connectivity index (χ4n) is 4.68. The normalized spacial score (nSPS) is 20.4. The molecule has 2 aromatic heterocycles. The molecule has 1 N–H and O–H groups in total. The number of benzene rings is 1. The van der Waals surface area contributed by atoms with Gasteiger partial charge < -0.3 is 14.8 Å². The summed E-state index contributed by atoms with van der Waals surface area (Å²) in [5.74, 6) is 1.42. The third kappa shape index (κ3) is 4.09. The topological polar surface area (TPSA) is 54.3 Å². The van der Waals surface area contributed by atoms with E-state index in [4.69, 9.17) is 0 Å². The van der Waals surface area contributed by atoms with E-state index in [9.17, 15) is 9.59 Å². The molecule has 0 aliphatic carbocycles. The van der Waals surface area contributed by atoms with Crippen molar-refractivity contribution in [1.29, 1.82) is 0 Å². The molecule has 1 saturated heterocycles. The van der Waals surface area contributed by atoms with Crippen molar-refractivity contribution >= 4 is 38.2 Å². The molecule has 5 nitrogen and oxygen atoms in total. The molecule has 1 fully saturated rings. The molecule has 3 aromatic rings. The quantitative estimate of drug-likeness (QED) is 0.649. The number of carbonyl (C=O) groups excluding carboxylic acids is 1. The van der Waals surface area contributed by atoms with Crippen LogP contribution < -0.4 is 10.9 Å². The molecule has 0 saturated carbocycles. The first kappa shape index (κ1) is 20.1. The Balaban J connectivity index is 1.43. The molecule has 3 heterocycles. The lowest BCUT2D eigenvalue weighted by Crippen LogP contribution is -2.40. The van der Waals surface area contributed by atoms with E-state index in [1.54, 1.807) is 17.7 Å². The van der Waals surface area contributed by atoms with Crippen molar-refractivity contribution in [2.45, 2.75) is 26.7 Å². The molecule has 1 aliphatic rings. The van der Waals surface area contributed by atoms with Gasteiger partial charge in [0.2, 0.25) is 0 Å². The summed E-state index contributed by atoms with van der Waals surface area (Å²) < 4.78 is 2.55. The van der Waals surface area contributed by atoms with Crippen LogP contribution in [0.1, 0.15) is 36.4 Å². The van der Waals surface area contributed by atoms with Crippen LogP contribution in [0, 0.1) is 11.8 Å². The SMILES string of the molecule is C[C@@H]1C[C@@H](C)CN(CCCNC(=O)c2cc3c(=O)n(C)c4ccccc4c3s2)C1. The number of hydrogen-bond donors (Lipinski definition) is 1. The molecule has 6 heteroatoms. The van der Waals surface area contributed by atoms with E-state index >= 15 is 0 Å². The molecule has 4 rings (SSSR count). The van der Waals surface area contributed by atoms with E-state index in [0.29, 0.717) is 16.8 Å².